The van der Waals surface area contributed by atoms with Crippen molar-refractivity contribution < 1.29 is 9.59 Å². The monoisotopic (exact) mass is 331 g/mol. The first kappa shape index (κ1) is 15.5. The largest absolute Gasteiger partial charge is 0.337 e. The number of likely N-dealkylation sites (tertiary alicyclic amines) is 1. The number of piperidine rings is 1. The molecule has 1 atom stereocenters. The van der Waals surface area contributed by atoms with E-state index in [1.807, 2.05) is 5.38 Å². The average Bonchev–Trinajstić information content (AvgIpc) is 3.03. The first-order valence-corrected chi connectivity index (χ1v) is 8.30. The fraction of sp³-hybridized carbons (Fsp3) is 0.400. The number of amides is 2. The minimum Gasteiger partial charge on any atom is -0.337 e. The summed E-state index contributed by atoms with van der Waals surface area (Å²) in [7, 11) is 0. The molecule has 1 fully saturated rings. The molecule has 2 amide bonds. The van der Waals surface area contributed by atoms with Gasteiger partial charge in [-0.25, -0.2) is 9.97 Å². The first-order chi connectivity index (χ1) is 11.1. The molecule has 1 aliphatic heterocycles. The minimum atomic E-state index is -0.131. The van der Waals surface area contributed by atoms with Gasteiger partial charge >= 0.3 is 0 Å². The first-order valence-electron chi connectivity index (χ1n) is 7.42. The van der Waals surface area contributed by atoms with Gasteiger partial charge in [-0.05, 0) is 12.8 Å². The Bertz CT molecular complexity index is 703. The van der Waals surface area contributed by atoms with Crippen LogP contribution in [0.15, 0.2) is 24.0 Å². The molecule has 0 spiro atoms. The number of hydrogen-bond acceptors (Lipinski definition) is 6. The summed E-state index contributed by atoms with van der Waals surface area (Å²) in [6.45, 7) is 2.79. The second-order valence-electron chi connectivity index (χ2n) is 5.44. The van der Waals surface area contributed by atoms with E-state index in [1.54, 1.807) is 11.1 Å². The Balaban J connectivity index is 1.69. The molecule has 1 unspecified atom stereocenters. The van der Waals surface area contributed by atoms with Gasteiger partial charge in [-0.1, -0.05) is 0 Å². The summed E-state index contributed by atoms with van der Waals surface area (Å²) in [6, 6.07) is 0. The van der Waals surface area contributed by atoms with Gasteiger partial charge < -0.3 is 10.2 Å². The van der Waals surface area contributed by atoms with Crippen molar-refractivity contribution in [1.29, 1.82) is 0 Å². The molecule has 8 heteroatoms. The van der Waals surface area contributed by atoms with E-state index in [1.165, 1.54) is 30.7 Å². The molecule has 0 bridgehead atoms. The topological polar surface area (TPSA) is 88.1 Å². The molecule has 0 aromatic carbocycles. The fourth-order valence-corrected chi connectivity index (χ4v) is 3.49. The van der Waals surface area contributed by atoms with E-state index in [2.05, 4.69) is 20.3 Å². The Hall–Kier alpha value is -2.35. The normalized spacial score (nSPS) is 17.8. The third-order valence-corrected chi connectivity index (χ3v) is 4.49. The Morgan fingerprint density at radius 1 is 1.39 bits per heavy atom. The van der Waals surface area contributed by atoms with Crippen molar-refractivity contribution in [3.63, 3.8) is 0 Å². The van der Waals surface area contributed by atoms with Gasteiger partial charge in [-0.3, -0.25) is 14.6 Å². The van der Waals surface area contributed by atoms with Crippen molar-refractivity contribution >= 4 is 28.3 Å². The Kier molecular flexibility index (Phi) is 4.61. The maximum Gasteiger partial charge on any atom is 0.274 e. The number of hydrogen-bond donors (Lipinski definition) is 1. The molecule has 2 aromatic heterocycles. The van der Waals surface area contributed by atoms with Crippen LogP contribution in [0.2, 0.25) is 0 Å². The van der Waals surface area contributed by atoms with Crippen LogP contribution in [0.3, 0.4) is 0 Å². The molecule has 3 heterocycles. The van der Waals surface area contributed by atoms with Crippen LogP contribution in [0.4, 0.5) is 5.13 Å². The highest BCUT2D eigenvalue weighted by molar-refractivity contribution is 7.13. The highest BCUT2D eigenvalue weighted by Gasteiger charge is 2.27. The van der Waals surface area contributed by atoms with Crippen molar-refractivity contribution in [3.05, 3.63) is 35.4 Å². The zero-order valence-electron chi connectivity index (χ0n) is 12.7. The van der Waals surface area contributed by atoms with Gasteiger partial charge in [0.2, 0.25) is 5.91 Å². The number of anilines is 1. The lowest BCUT2D eigenvalue weighted by atomic mass is 9.95. The third-order valence-electron chi connectivity index (χ3n) is 3.71. The van der Waals surface area contributed by atoms with Gasteiger partial charge in [0.05, 0.1) is 11.9 Å². The zero-order valence-corrected chi connectivity index (χ0v) is 13.5. The Labute approximate surface area is 137 Å². The van der Waals surface area contributed by atoms with Crippen LogP contribution in [0, 0.1) is 0 Å². The fourth-order valence-electron chi connectivity index (χ4n) is 2.66. The highest BCUT2D eigenvalue weighted by atomic mass is 32.1. The average molecular weight is 331 g/mol. The summed E-state index contributed by atoms with van der Waals surface area (Å²) in [6.07, 6.45) is 6.46. The summed E-state index contributed by atoms with van der Waals surface area (Å²) < 4.78 is 0. The van der Waals surface area contributed by atoms with Crippen LogP contribution >= 0.6 is 11.3 Å². The second-order valence-corrected chi connectivity index (χ2v) is 6.30. The summed E-state index contributed by atoms with van der Waals surface area (Å²) in [4.78, 5) is 37.8. The minimum absolute atomic E-state index is 0.0971. The molecule has 0 aliphatic carbocycles. The number of thiazole rings is 1. The standard InChI is InChI=1S/C15H17N5O2S/c1-10(21)18-15-19-13(9-23-15)11-3-2-6-20(8-11)14(22)12-7-16-4-5-17-12/h4-5,7,9,11H,2-3,6,8H2,1H3,(H,18,19,21). The molecular formula is C15H17N5O2S. The molecule has 0 radical (unpaired) electrons. The Morgan fingerprint density at radius 2 is 2.26 bits per heavy atom. The maximum atomic E-state index is 12.5. The van der Waals surface area contributed by atoms with Crippen LogP contribution in [0.25, 0.3) is 0 Å². The van der Waals surface area contributed by atoms with E-state index in [9.17, 15) is 9.59 Å². The van der Waals surface area contributed by atoms with Crippen molar-refractivity contribution in [2.75, 3.05) is 18.4 Å². The number of carbonyl (C=O) groups is 2. The van der Waals surface area contributed by atoms with Crippen LogP contribution in [0.5, 0.6) is 0 Å². The van der Waals surface area contributed by atoms with E-state index in [4.69, 9.17) is 0 Å². The van der Waals surface area contributed by atoms with Gasteiger partial charge in [0, 0.05) is 43.7 Å². The number of carbonyl (C=O) groups excluding carboxylic acids is 2. The van der Waals surface area contributed by atoms with Gasteiger partial charge in [0.25, 0.3) is 5.91 Å². The lowest BCUT2D eigenvalue weighted by Gasteiger charge is -2.31. The number of rotatable bonds is 3. The van der Waals surface area contributed by atoms with Gasteiger partial charge in [0.15, 0.2) is 5.13 Å². The molecule has 0 saturated carbocycles. The molecule has 3 rings (SSSR count). The second kappa shape index (κ2) is 6.82. The van der Waals surface area contributed by atoms with E-state index < -0.39 is 0 Å². The van der Waals surface area contributed by atoms with Crippen molar-refractivity contribution in [2.45, 2.75) is 25.7 Å². The Morgan fingerprint density at radius 3 is 3.00 bits per heavy atom. The lowest BCUT2D eigenvalue weighted by molar-refractivity contribution is -0.114. The van der Waals surface area contributed by atoms with Crippen LogP contribution < -0.4 is 5.32 Å². The molecule has 1 saturated heterocycles. The molecule has 1 N–H and O–H groups in total. The van der Waals surface area contributed by atoms with E-state index in [-0.39, 0.29) is 17.7 Å². The number of aromatic nitrogens is 3. The van der Waals surface area contributed by atoms with Crippen molar-refractivity contribution in [2.24, 2.45) is 0 Å². The number of nitrogens with one attached hydrogen (secondary N) is 1. The van der Waals surface area contributed by atoms with Gasteiger partial charge in [-0.2, -0.15) is 0 Å². The van der Waals surface area contributed by atoms with Crippen LogP contribution in [-0.2, 0) is 4.79 Å². The SMILES string of the molecule is CC(=O)Nc1nc(C2CCCN(C(=O)c3cnccn3)C2)cs1. The summed E-state index contributed by atoms with van der Waals surface area (Å²) in [5.41, 5.74) is 1.29. The highest BCUT2D eigenvalue weighted by Crippen LogP contribution is 2.29. The summed E-state index contributed by atoms with van der Waals surface area (Å²) in [5.74, 6) is -0.0442. The molecule has 1 aliphatic rings. The van der Waals surface area contributed by atoms with E-state index >= 15 is 0 Å². The smallest absolute Gasteiger partial charge is 0.274 e. The van der Waals surface area contributed by atoms with E-state index in [0.717, 1.165) is 18.5 Å². The van der Waals surface area contributed by atoms with Gasteiger partial charge in [0.1, 0.15) is 5.69 Å². The molecular weight excluding hydrogens is 314 g/mol. The third kappa shape index (κ3) is 3.70. The summed E-state index contributed by atoms with van der Waals surface area (Å²) in [5, 5.41) is 5.25. The van der Waals surface area contributed by atoms with Crippen LogP contribution in [-0.4, -0.2) is 44.8 Å². The quantitative estimate of drug-likeness (QED) is 0.928. The predicted octanol–water partition coefficient (Wildman–Crippen LogP) is 1.91. The van der Waals surface area contributed by atoms with Crippen molar-refractivity contribution in [1.82, 2.24) is 19.9 Å². The molecule has 120 valence electrons. The molecule has 7 nitrogen and oxygen atoms in total. The predicted molar refractivity (Wildman–Crippen MR) is 86.3 cm³/mol. The van der Waals surface area contributed by atoms with Gasteiger partial charge in [-0.15, -0.1) is 11.3 Å². The zero-order chi connectivity index (χ0) is 16.2. The molecule has 23 heavy (non-hydrogen) atoms. The van der Waals surface area contributed by atoms with E-state index in [0.29, 0.717) is 23.9 Å². The van der Waals surface area contributed by atoms with Crippen LogP contribution in [0.1, 0.15) is 41.9 Å². The maximum absolute atomic E-state index is 12.5. The summed E-state index contributed by atoms with van der Waals surface area (Å²) >= 11 is 1.41. The number of nitrogens with zero attached hydrogens (tertiary/aromatic N) is 4. The lowest BCUT2D eigenvalue weighted by Crippen LogP contribution is -2.39. The van der Waals surface area contributed by atoms with Crippen molar-refractivity contribution in [3.8, 4) is 0 Å². The molecule has 2 aromatic rings.